The average Bonchev–Trinajstić information content (AvgIpc) is 3.36. The number of allylic oxidation sites excluding steroid dienone is 6. The summed E-state index contributed by atoms with van der Waals surface area (Å²) in [5.41, 5.74) is 0.919. The molecule has 14 atom stereocenters. The van der Waals surface area contributed by atoms with Crippen LogP contribution < -0.4 is 4.72 Å². The fourth-order valence-corrected chi connectivity index (χ4v) is 10.9. The Kier molecular flexibility index (Phi) is 27.7. The number of aliphatic hydroxyl groups excluding tert-OH is 2. The van der Waals surface area contributed by atoms with Gasteiger partial charge in [0.1, 0.15) is 30.1 Å². The summed E-state index contributed by atoms with van der Waals surface area (Å²) < 4.78 is 69.3. The summed E-state index contributed by atoms with van der Waals surface area (Å²) in [4.78, 5) is 71.0. The second-order valence-electron chi connectivity index (χ2n) is 20.5. The Morgan fingerprint density at radius 2 is 1.59 bits per heavy atom. The van der Waals surface area contributed by atoms with Gasteiger partial charge in [0.25, 0.3) is 11.7 Å². The number of carbonyl (C=O) groups excluding carboxylic acids is 5. The summed E-state index contributed by atoms with van der Waals surface area (Å²) in [6.07, 6.45) is 9.27. The molecule has 20 heteroatoms. The van der Waals surface area contributed by atoms with Gasteiger partial charge in [0, 0.05) is 58.6 Å². The molecule has 1 aliphatic carbocycles. The molecule has 0 aromatic rings. The molecule has 19 nitrogen and oxygen atoms in total. The van der Waals surface area contributed by atoms with Crippen LogP contribution in [-0.4, -0.2) is 180 Å². The Morgan fingerprint density at radius 1 is 0.878 bits per heavy atom. The van der Waals surface area contributed by atoms with Crippen molar-refractivity contribution in [3.8, 4) is 0 Å². The van der Waals surface area contributed by atoms with Gasteiger partial charge in [0.15, 0.2) is 5.78 Å². The van der Waals surface area contributed by atoms with E-state index in [1.165, 1.54) is 28.2 Å². The van der Waals surface area contributed by atoms with E-state index in [0.29, 0.717) is 49.7 Å². The van der Waals surface area contributed by atoms with E-state index in [0.717, 1.165) is 11.3 Å². The van der Waals surface area contributed by atoms with Crippen LogP contribution in [0, 0.1) is 29.6 Å². The van der Waals surface area contributed by atoms with Crippen LogP contribution in [0.5, 0.6) is 0 Å². The number of sulfonamides is 1. The molecule has 1 amide bonds. The third-order valence-corrected chi connectivity index (χ3v) is 16.2. The van der Waals surface area contributed by atoms with Crippen molar-refractivity contribution in [2.45, 2.75) is 167 Å². The third-order valence-electron chi connectivity index (χ3n) is 14.8. The van der Waals surface area contributed by atoms with Crippen molar-refractivity contribution in [3.05, 3.63) is 47.6 Å². The molecule has 0 radical (unpaired) electrons. The first-order chi connectivity index (χ1) is 34.9. The third kappa shape index (κ3) is 19.5. The second-order valence-corrected chi connectivity index (χ2v) is 22.4. The number of aliphatic hydroxyl groups is 3. The van der Waals surface area contributed by atoms with Gasteiger partial charge in [0.2, 0.25) is 15.8 Å². The number of ether oxygens (including phenoxy) is 7. The number of fused-ring (bicyclic) bond motifs is 2. The van der Waals surface area contributed by atoms with Crippen LogP contribution in [0.3, 0.4) is 0 Å². The zero-order valence-corrected chi connectivity index (χ0v) is 46.5. The lowest BCUT2D eigenvalue weighted by molar-refractivity contribution is -0.263. The van der Waals surface area contributed by atoms with Crippen LogP contribution >= 0.6 is 0 Å². The molecule has 2 heterocycles. The molecular weight excluding hydrogens is 981 g/mol. The van der Waals surface area contributed by atoms with Crippen molar-refractivity contribution in [2.24, 2.45) is 29.6 Å². The molecule has 3 rings (SSSR count). The topological polar surface area (TPSA) is 260 Å². The normalized spacial score (nSPS) is 35.3. The summed E-state index contributed by atoms with van der Waals surface area (Å²) in [7, 11) is 1.72. The minimum Gasteiger partial charge on any atom is -0.460 e. The Hall–Kier alpha value is -3.54. The number of hydrogen-bond acceptors (Lipinski definition) is 17. The van der Waals surface area contributed by atoms with Crippen LogP contribution in [0.25, 0.3) is 0 Å². The number of nitrogens with zero attached hydrogens (tertiary/aromatic N) is 1. The van der Waals surface area contributed by atoms with E-state index in [9.17, 15) is 47.7 Å². The van der Waals surface area contributed by atoms with Crippen LogP contribution in [0.15, 0.2) is 47.6 Å². The molecule has 422 valence electrons. The van der Waals surface area contributed by atoms with E-state index in [1.54, 1.807) is 72.1 Å². The number of cyclic esters (lactones) is 1. The predicted molar refractivity (Wildman–Crippen MR) is 277 cm³/mol. The van der Waals surface area contributed by atoms with Gasteiger partial charge in [-0.3, -0.25) is 19.2 Å². The number of esters is 1. The van der Waals surface area contributed by atoms with E-state index < -0.39 is 93.6 Å². The summed E-state index contributed by atoms with van der Waals surface area (Å²) in [5.74, 6) is -9.55. The Morgan fingerprint density at radius 3 is 2.26 bits per heavy atom. The van der Waals surface area contributed by atoms with Crippen LogP contribution in [-0.2, 0) is 67.2 Å². The predicted octanol–water partition coefficient (Wildman–Crippen LogP) is 4.35. The maximum atomic E-state index is 14.2. The molecule has 2 bridgehead atoms. The molecule has 2 aliphatic heterocycles. The fourth-order valence-electron chi connectivity index (χ4n) is 9.70. The number of Topliss-reactive ketones (excluding diaryl/α,β-unsaturated/α-hetero) is 3. The number of likely N-dealkylation sites (N-methyl/N-ethyl adjacent to an activating group) is 1. The van der Waals surface area contributed by atoms with Gasteiger partial charge in [-0.05, 0) is 96.0 Å². The first-order valence-corrected chi connectivity index (χ1v) is 27.8. The monoisotopic (exact) mass is 1070 g/mol. The number of ketones is 3. The molecule has 0 aromatic carbocycles. The van der Waals surface area contributed by atoms with Gasteiger partial charge in [0.05, 0.1) is 57.1 Å². The van der Waals surface area contributed by atoms with Crippen molar-refractivity contribution in [1.82, 2.24) is 9.62 Å². The van der Waals surface area contributed by atoms with E-state index in [-0.39, 0.29) is 87.7 Å². The van der Waals surface area contributed by atoms with E-state index >= 15 is 0 Å². The Balaban J connectivity index is 2.03. The molecule has 74 heavy (non-hydrogen) atoms. The van der Waals surface area contributed by atoms with E-state index in [2.05, 4.69) is 4.72 Å². The lowest BCUT2D eigenvalue weighted by Gasteiger charge is -2.42. The summed E-state index contributed by atoms with van der Waals surface area (Å²) in [5, 5.41) is 32.7. The maximum absolute atomic E-state index is 14.2. The van der Waals surface area contributed by atoms with Gasteiger partial charge in [-0.1, -0.05) is 69.7 Å². The summed E-state index contributed by atoms with van der Waals surface area (Å²) in [6.45, 7) is 12.0. The highest BCUT2D eigenvalue weighted by molar-refractivity contribution is 7.89. The van der Waals surface area contributed by atoms with Crippen LogP contribution in [0.4, 0.5) is 0 Å². The highest BCUT2D eigenvalue weighted by atomic mass is 32.2. The lowest BCUT2D eigenvalue weighted by atomic mass is 9.78. The van der Waals surface area contributed by atoms with Crippen molar-refractivity contribution >= 4 is 39.2 Å². The lowest BCUT2D eigenvalue weighted by Crippen LogP contribution is -2.59. The molecular formula is C54H88N2O17S. The highest BCUT2D eigenvalue weighted by Crippen LogP contribution is 2.37. The van der Waals surface area contributed by atoms with Crippen molar-refractivity contribution < 1.29 is 80.9 Å². The fraction of sp³-hybridized carbons (Fsp3) is 0.759. The number of rotatable bonds is 16. The molecule has 4 N–H and O–H groups in total. The average molecular weight is 1070 g/mol. The van der Waals surface area contributed by atoms with E-state index in [1.807, 2.05) is 13.0 Å². The number of nitrogens with one attached hydrogen (secondary N) is 1. The summed E-state index contributed by atoms with van der Waals surface area (Å²) in [6, 6.07) is -2.26. The minimum atomic E-state index is -3.95. The van der Waals surface area contributed by atoms with Gasteiger partial charge >= 0.3 is 5.97 Å². The molecule has 2 fully saturated rings. The zero-order chi connectivity index (χ0) is 55.3. The zero-order valence-electron chi connectivity index (χ0n) is 45.7. The molecule has 1 saturated heterocycles. The first kappa shape index (κ1) is 64.7. The quantitative estimate of drug-likeness (QED) is 0.0725. The second kappa shape index (κ2) is 31.6. The molecule has 1 saturated carbocycles. The number of carbonyl (C=O) groups is 5. The number of methoxy groups -OCH3 is 3. The van der Waals surface area contributed by atoms with Gasteiger partial charge < -0.3 is 53.4 Å². The van der Waals surface area contributed by atoms with E-state index in [4.69, 9.17) is 33.2 Å². The maximum Gasteiger partial charge on any atom is 0.328 e. The van der Waals surface area contributed by atoms with Gasteiger partial charge in [-0.2, -0.15) is 0 Å². The standard InChI is InChI=1S/C54H88N2O17S/c1-34-17-15-13-12-14-16-18-35(2)48(59)50(69-11)49(60)38(5)29-36(3)44(58)33-46(37(4)30-41-20-22-45(71-24-23-57)47(31-41)68-10)72-53(63)40(7)56(8)52(62)51(61)54(64)39(6)19-21-42(73-54)32-43(34)55-74(65,66)28-27-70-26-25-67-9/h12-15,17,29,35-37,39-43,45-47,49-50,55,57,60,64H,16,18-28,30-33H2,1-11H3/b14-12+,15-13+,34-17+,38-29+/t35?,36?,37-,39+,40?,41+,42-,43+,45-,46?,47-,49?,50?,54+/m1/s1. The highest BCUT2D eigenvalue weighted by Gasteiger charge is 2.52. The van der Waals surface area contributed by atoms with Crippen LogP contribution in [0.2, 0.25) is 0 Å². The minimum absolute atomic E-state index is 0.0229. The molecule has 3 aliphatic rings. The van der Waals surface area contributed by atoms with Crippen molar-refractivity contribution in [1.29, 1.82) is 0 Å². The number of hydrogen-bond donors (Lipinski definition) is 4. The summed E-state index contributed by atoms with van der Waals surface area (Å²) >= 11 is 0. The SMILES string of the molecule is COCCOCCS(=O)(=O)N[C@H]1C[C@H]2CC[C@H](C)[C@](O)(O2)C(=O)C(=O)N(C)C(C)C(=O)OC([C@H](C)C[C@@H]2CC[C@@H](OCCO)[C@H](OC)C2)CC(=O)C(C)/C=C(\C)C(O)C(OC)C(=O)C(C)CC/C=C/C=C/C=C/1C. The number of amides is 1. The Bertz CT molecular complexity index is 2060. The van der Waals surface area contributed by atoms with Crippen LogP contribution in [0.1, 0.15) is 113 Å². The Labute approximate surface area is 439 Å². The largest absolute Gasteiger partial charge is 0.460 e. The van der Waals surface area contributed by atoms with Gasteiger partial charge in [-0.15, -0.1) is 0 Å². The molecule has 0 spiro atoms. The van der Waals surface area contributed by atoms with Crippen molar-refractivity contribution in [3.63, 3.8) is 0 Å². The first-order valence-electron chi connectivity index (χ1n) is 26.1. The molecule has 0 aromatic heterocycles. The smallest absolute Gasteiger partial charge is 0.328 e. The van der Waals surface area contributed by atoms with Crippen molar-refractivity contribution in [2.75, 3.05) is 67.2 Å². The van der Waals surface area contributed by atoms with Gasteiger partial charge in [-0.25, -0.2) is 17.9 Å². The molecule has 6 unspecified atom stereocenters.